The fourth-order valence-electron chi connectivity index (χ4n) is 6.00. The van der Waals surface area contributed by atoms with Crippen LogP contribution in [-0.2, 0) is 5.41 Å². The Morgan fingerprint density at radius 1 is 0.410 bits per heavy atom. The standard InChI is InChI=1S/C38H29N/c1-38(2)35-11-4-3-10-33(35)34-25-31(21-22-36(34)38)29-19-15-27(16-20-29)26-13-17-28(18-14-26)30-8-7-9-32(24-30)37-12-5-6-23-39-37/h3-25H,1-2H3. The highest BCUT2D eigenvalue weighted by Gasteiger charge is 2.35. The number of benzene rings is 5. The molecule has 5 aromatic carbocycles. The molecule has 0 bridgehead atoms. The number of pyridine rings is 1. The van der Waals surface area contributed by atoms with E-state index in [1.54, 1.807) is 0 Å². The molecule has 1 aliphatic carbocycles. The quantitative estimate of drug-likeness (QED) is 0.235. The average molecular weight is 500 g/mol. The monoisotopic (exact) mass is 499 g/mol. The highest BCUT2D eigenvalue weighted by Crippen LogP contribution is 2.49. The first-order chi connectivity index (χ1) is 19.1. The fourth-order valence-corrected chi connectivity index (χ4v) is 6.00. The number of nitrogens with zero attached hydrogens (tertiary/aromatic N) is 1. The molecular formula is C38H29N. The van der Waals surface area contributed by atoms with Gasteiger partial charge in [0.05, 0.1) is 5.69 Å². The lowest BCUT2D eigenvalue weighted by Gasteiger charge is -2.21. The predicted octanol–water partition coefficient (Wildman–Crippen LogP) is 10.1. The van der Waals surface area contributed by atoms with Crippen molar-refractivity contribution in [3.8, 4) is 55.8 Å². The van der Waals surface area contributed by atoms with Crippen molar-refractivity contribution in [3.63, 3.8) is 0 Å². The molecule has 0 saturated carbocycles. The normalized spacial score (nSPS) is 13.1. The number of aromatic nitrogens is 1. The van der Waals surface area contributed by atoms with Gasteiger partial charge in [-0.05, 0) is 79.9 Å². The molecule has 0 unspecified atom stereocenters. The minimum atomic E-state index is 0.0419. The lowest BCUT2D eigenvalue weighted by Crippen LogP contribution is -2.14. The maximum absolute atomic E-state index is 4.50. The van der Waals surface area contributed by atoms with Crippen LogP contribution in [-0.4, -0.2) is 4.98 Å². The molecule has 0 fully saturated rings. The summed E-state index contributed by atoms with van der Waals surface area (Å²) in [7, 11) is 0. The van der Waals surface area contributed by atoms with Crippen molar-refractivity contribution in [2.45, 2.75) is 19.3 Å². The summed E-state index contributed by atoms with van der Waals surface area (Å²) in [5, 5.41) is 0. The molecule has 0 spiro atoms. The minimum absolute atomic E-state index is 0.0419. The molecule has 0 radical (unpaired) electrons. The molecule has 0 N–H and O–H groups in total. The first-order valence-electron chi connectivity index (χ1n) is 13.5. The first-order valence-corrected chi connectivity index (χ1v) is 13.5. The van der Waals surface area contributed by atoms with E-state index in [0.29, 0.717) is 0 Å². The maximum atomic E-state index is 4.50. The van der Waals surface area contributed by atoms with E-state index in [9.17, 15) is 0 Å². The van der Waals surface area contributed by atoms with Crippen LogP contribution in [0, 0.1) is 0 Å². The molecule has 186 valence electrons. The Labute approximate surface area is 230 Å². The van der Waals surface area contributed by atoms with Crippen molar-refractivity contribution >= 4 is 0 Å². The number of rotatable bonds is 4. The van der Waals surface area contributed by atoms with Gasteiger partial charge in [0.15, 0.2) is 0 Å². The molecular weight excluding hydrogens is 470 g/mol. The van der Waals surface area contributed by atoms with E-state index in [1.165, 1.54) is 55.6 Å². The van der Waals surface area contributed by atoms with Crippen molar-refractivity contribution in [2.24, 2.45) is 0 Å². The van der Waals surface area contributed by atoms with Gasteiger partial charge in [0.2, 0.25) is 0 Å². The highest BCUT2D eigenvalue weighted by molar-refractivity contribution is 5.85. The molecule has 6 aromatic rings. The van der Waals surface area contributed by atoms with Crippen molar-refractivity contribution in [3.05, 3.63) is 151 Å². The number of hydrogen-bond acceptors (Lipinski definition) is 1. The van der Waals surface area contributed by atoms with Gasteiger partial charge >= 0.3 is 0 Å². The topological polar surface area (TPSA) is 12.9 Å². The van der Waals surface area contributed by atoms with Gasteiger partial charge in [0, 0.05) is 17.2 Å². The summed E-state index contributed by atoms with van der Waals surface area (Å²) in [6.07, 6.45) is 1.84. The van der Waals surface area contributed by atoms with E-state index in [1.807, 2.05) is 24.4 Å². The van der Waals surface area contributed by atoms with E-state index < -0.39 is 0 Å². The molecule has 1 aromatic heterocycles. The summed E-state index contributed by atoms with van der Waals surface area (Å²) >= 11 is 0. The third-order valence-corrected chi connectivity index (χ3v) is 8.18. The molecule has 39 heavy (non-hydrogen) atoms. The zero-order chi connectivity index (χ0) is 26.4. The van der Waals surface area contributed by atoms with Crippen LogP contribution in [0.15, 0.2) is 140 Å². The van der Waals surface area contributed by atoms with E-state index >= 15 is 0 Å². The Morgan fingerprint density at radius 3 is 1.62 bits per heavy atom. The molecule has 0 amide bonds. The van der Waals surface area contributed by atoms with Crippen LogP contribution in [0.5, 0.6) is 0 Å². The van der Waals surface area contributed by atoms with Crippen LogP contribution in [0.25, 0.3) is 55.8 Å². The molecule has 0 saturated heterocycles. The van der Waals surface area contributed by atoms with Crippen LogP contribution in [0.4, 0.5) is 0 Å². The second-order valence-electron chi connectivity index (χ2n) is 10.9. The Kier molecular flexibility index (Phi) is 5.52. The summed E-state index contributed by atoms with van der Waals surface area (Å²) in [5.74, 6) is 0. The third-order valence-electron chi connectivity index (χ3n) is 8.18. The zero-order valence-electron chi connectivity index (χ0n) is 22.2. The number of fused-ring (bicyclic) bond motifs is 3. The van der Waals surface area contributed by atoms with Gasteiger partial charge in [-0.25, -0.2) is 0 Å². The molecule has 1 aliphatic rings. The number of hydrogen-bond donors (Lipinski definition) is 0. The highest BCUT2D eigenvalue weighted by atomic mass is 14.7. The van der Waals surface area contributed by atoms with Gasteiger partial charge in [-0.1, -0.05) is 123 Å². The van der Waals surface area contributed by atoms with Gasteiger partial charge in [-0.15, -0.1) is 0 Å². The Morgan fingerprint density at radius 2 is 0.949 bits per heavy atom. The second kappa shape index (κ2) is 9.22. The van der Waals surface area contributed by atoms with Crippen LogP contribution in [0.1, 0.15) is 25.0 Å². The van der Waals surface area contributed by atoms with Crippen LogP contribution in [0.2, 0.25) is 0 Å². The lowest BCUT2D eigenvalue weighted by molar-refractivity contribution is 0.660. The Balaban J connectivity index is 1.15. The van der Waals surface area contributed by atoms with Crippen molar-refractivity contribution in [2.75, 3.05) is 0 Å². The van der Waals surface area contributed by atoms with Crippen molar-refractivity contribution < 1.29 is 0 Å². The van der Waals surface area contributed by atoms with Gasteiger partial charge in [-0.3, -0.25) is 4.98 Å². The van der Waals surface area contributed by atoms with Gasteiger partial charge in [0.1, 0.15) is 0 Å². The summed E-state index contributed by atoms with van der Waals surface area (Å²) in [5.41, 5.74) is 15.1. The van der Waals surface area contributed by atoms with Gasteiger partial charge in [0.25, 0.3) is 0 Å². The van der Waals surface area contributed by atoms with E-state index in [0.717, 1.165) is 11.3 Å². The third kappa shape index (κ3) is 4.08. The van der Waals surface area contributed by atoms with Gasteiger partial charge < -0.3 is 0 Å². The van der Waals surface area contributed by atoms with Crippen LogP contribution >= 0.6 is 0 Å². The molecule has 1 heteroatoms. The minimum Gasteiger partial charge on any atom is -0.256 e. The Hall–Kier alpha value is -4.75. The van der Waals surface area contributed by atoms with Gasteiger partial charge in [-0.2, -0.15) is 0 Å². The first kappa shape index (κ1) is 23.4. The molecule has 1 heterocycles. The van der Waals surface area contributed by atoms with E-state index in [2.05, 4.69) is 134 Å². The Bertz CT molecular complexity index is 1790. The molecule has 1 nitrogen and oxygen atoms in total. The smallest absolute Gasteiger partial charge is 0.0702 e. The van der Waals surface area contributed by atoms with Crippen molar-refractivity contribution in [1.82, 2.24) is 4.98 Å². The summed E-state index contributed by atoms with van der Waals surface area (Å²) in [6, 6.07) is 48.2. The maximum Gasteiger partial charge on any atom is 0.0702 e. The summed E-state index contributed by atoms with van der Waals surface area (Å²) < 4.78 is 0. The fraction of sp³-hybridized carbons (Fsp3) is 0.0789. The lowest BCUT2D eigenvalue weighted by atomic mass is 9.82. The van der Waals surface area contributed by atoms with E-state index in [-0.39, 0.29) is 5.41 Å². The molecule has 0 aliphatic heterocycles. The van der Waals surface area contributed by atoms with E-state index in [4.69, 9.17) is 0 Å². The second-order valence-corrected chi connectivity index (χ2v) is 10.9. The van der Waals surface area contributed by atoms with Crippen LogP contribution < -0.4 is 0 Å². The summed E-state index contributed by atoms with van der Waals surface area (Å²) in [6.45, 7) is 4.66. The predicted molar refractivity (Wildman–Crippen MR) is 164 cm³/mol. The van der Waals surface area contributed by atoms with Crippen molar-refractivity contribution in [1.29, 1.82) is 0 Å². The SMILES string of the molecule is CC1(C)c2ccccc2-c2cc(-c3ccc(-c4ccc(-c5cccc(-c6ccccn6)c5)cc4)cc3)ccc21. The molecule has 0 atom stereocenters. The zero-order valence-corrected chi connectivity index (χ0v) is 22.2. The average Bonchev–Trinajstić information content (AvgIpc) is 3.24. The largest absolute Gasteiger partial charge is 0.256 e. The summed E-state index contributed by atoms with van der Waals surface area (Å²) in [4.78, 5) is 4.50. The molecule has 7 rings (SSSR count). The van der Waals surface area contributed by atoms with Crippen LogP contribution in [0.3, 0.4) is 0 Å².